The zero-order valence-electron chi connectivity index (χ0n) is 15.4. The summed E-state index contributed by atoms with van der Waals surface area (Å²) >= 11 is 1.48. The first kappa shape index (κ1) is 18.2. The van der Waals surface area contributed by atoms with Crippen LogP contribution in [0.1, 0.15) is 19.8 Å². The Bertz CT molecular complexity index is 863. The molecule has 3 heterocycles. The van der Waals surface area contributed by atoms with Gasteiger partial charge in [0.15, 0.2) is 5.13 Å². The number of rotatable bonds is 2. The van der Waals surface area contributed by atoms with Gasteiger partial charge >= 0.3 is 0 Å². The molecule has 27 heavy (non-hydrogen) atoms. The van der Waals surface area contributed by atoms with E-state index in [0.29, 0.717) is 38.2 Å². The molecule has 0 saturated carbocycles. The number of anilines is 1. The number of para-hydroxylation sites is 1. The average molecular weight is 390 g/mol. The number of thiazole rings is 1. The fourth-order valence-electron chi connectivity index (χ4n) is 3.89. The molecule has 0 radical (unpaired) electrons. The number of piperazine rings is 1. The van der Waals surface area contributed by atoms with Gasteiger partial charge in [-0.2, -0.15) is 0 Å². The van der Waals surface area contributed by atoms with Gasteiger partial charge in [-0.05, 0) is 25.0 Å². The molecule has 2 aliphatic heterocycles. The van der Waals surface area contributed by atoms with Crippen molar-refractivity contribution >= 4 is 38.5 Å². The molecule has 2 amide bonds. The summed E-state index contributed by atoms with van der Waals surface area (Å²) in [5.41, 5.74) is 0.409. The molecule has 2 aromatic rings. The van der Waals surface area contributed by atoms with Crippen LogP contribution in [0.5, 0.6) is 0 Å². The van der Waals surface area contributed by atoms with E-state index in [-0.39, 0.29) is 23.5 Å². The minimum Gasteiger partial charge on any atom is -0.347 e. The van der Waals surface area contributed by atoms with Gasteiger partial charge in [0.1, 0.15) is 11.3 Å². The van der Waals surface area contributed by atoms with Crippen molar-refractivity contribution in [2.24, 2.45) is 5.92 Å². The SMILES string of the molecule is CC(=O)N1CCN(C(=O)C2CCCN(c3nc4c(F)cccc4s3)C2)CC1. The van der Waals surface area contributed by atoms with Gasteiger partial charge in [0.2, 0.25) is 11.8 Å². The van der Waals surface area contributed by atoms with Crippen LogP contribution in [0.15, 0.2) is 18.2 Å². The molecule has 0 spiro atoms. The van der Waals surface area contributed by atoms with Crippen LogP contribution in [-0.2, 0) is 9.59 Å². The molecule has 1 atom stereocenters. The van der Waals surface area contributed by atoms with Crippen LogP contribution in [0.3, 0.4) is 0 Å². The van der Waals surface area contributed by atoms with Gasteiger partial charge in [0.25, 0.3) is 0 Å². The summed E-state index contributed by atoms with van der Waals surface area (Å²) in [4.78, 5) is 34.7. The van der Waals surface area contributed by atoms with E-state index in [9.17, 15) is 14.0 Å². The third-order valence-corrected chi connectivity index (χ3v) is 6.52. The zero-order valence-corrected chi connectivity index (χ0v) is 16.2. The molecular formula is C19H23FN4O2S. The summed E-state index contributed by atoms with van der Waals surface area (Å²) in [5, 5.41) is 0.786. The van der Waals surface area contributed by atoms with Crippen molar-refractivity contribution in [1.29, 1.82) is 0 Å². The Morgan fingerprint density at radius 1 is 1.15 bits per heavy atom. The van der Waals surface area contributed by atoms with E-state index in [2.05, 4.69) is 9.88 Å². The van der Waals surface area contributed by atoms with E-state index in [0.717, 1.165) is 29.2 Å². The van der Waals surface area contributed by atoms with E-state index in [1.807, 2.05) is 11.0 Å². The van der Waals surface area contributed by atoms with Gasteiger partial charge in [-0.1, -0.05) is 17.4 Å². The first-order chi connectivity index (χ1) is 13.0. The highest BCUT2D eigenvalue weighted by atomic mass is 32.1. The number of hydrogen-bond acceptors (Lipinski definition) is 5. The molecule has 0 N–H and O–H groups in total. The fraction of sp³-hybridized carbons (Fsp3) is 0.526. The Morgan fingerprint density at radius 3 is 2.59 bits per heavy atom. The van der Waals surface area contributed by atoms with Crippen LogP contribution < -0.4 is 4.90 Å². The Balaban J connectivity index is 1.44. The third kappa shape index (κ3) is 3.63. The highest BCUT2D eigenvalue weighted by molar-refractivity contribution is 7.22. The standard InChI is InChI=1S/C19H23FN4O2S/c1-13(25)22-8-10-23(11-9-22)18(26)14-4-3-7-24(12-14)19-21-17-15(20)5-2-6-16(17)27-19/h2,5-6,14H,3-4,7-12H2,1H3. The average Bonchev–Trinajstić information content (AvgIpc) is 3.13. The first-order valence-corrected chi connectivity index (χ1v) is 10.2. The van der Waals surface area contributed by atoms with E-state index in [1.54, 1.807) is 17.9 Å². The molecular weight excluding hydrogens is 367 g/mol. The third-order valence-electron chi connectivity index (χ3n) is 5.44. The summed E-state index contributed by atoms with van der Waals surface area (Å²) in [6, 6.07) is 5.00. The Morgan fingerprint density at radius 2 is 1.89 bits per heavy atom. The molecule has 0 bridgehead atoms. The normalized spacial score (nSPS) is 21.0. The second kappa shape index (κ2) is 7.42. The molecule has 1 aromatic heterocycles. The number of halogens is 1. The van der Waals surface area contributed by atoms with Crippen molar-refractivity contribution in [3.8, 4) is 0 Å². The Hall–Kier alpha value is -2.22. The minimum atomic E-state index is -0.303. The van der Waals surface area contributed by atoms with E-state index in [4.69, 9.17) is 0 Å². The van der Waals surface area contributed by atoms with Crippen molar-refractivity contribution in [2.75, 3.05) is 44.2 Å². The Kier molecular flexibility index (Phi) is 4.99. The van der Waals surface area contributed by atoms with Gasteiger partial charge in [0.05, 0.1) is 10.6 Å². The molecule has 8 heteroatoms. The summed E-state index contributed by atoms with van der Waals surface area (Å²) in [7, 11) is 0. The van der Waals surface area contributed by atoms with Crippen molar-refractivity contribution in [3.05, 3.63) is 24.0 Å². The molecule has 4 rings (SSSR count). The topological polar surface area (TPSA) is 56.8 Å². The monoisotopic (exact) mass is 390 g/mol. The number of fused-ring (bicyclic) bond motifs is 1. The van der Waals surface area contributed by atoms with Crippen LogP contribution in [0.2, 0.25) is 0 Å². The largest absolute Gasteiger partial charge is 0.347 e. The van der Waals surface area contributed by atoms with Crippen molar-refractivity contribution < 1.29 is 14.0 Å². The number of aromatic nitrogens is 1. The van der Waals surface area contributed by atoms with Gasteiger partial charge in [-0.15, -0.1) is 0 Å². The summed E-state index contributed by atoms with van der Waals surface area (Å²) in [6.07, 6.45) is 1.78. The molecule has 2 saturated heterocycles. The molecule has 144 valence electrons. The predicted molar refractivity (Wildman–Crippen MR) is 103 cm³/mol. The molecule has 6 nitrogen and oxygen atoms in total. The van der Waals surface area contributed by atoms with Crippen molar-refractivity contribution in [3.63, 3.8) is 0 Å². The highest BCUT2D eigenvalue weighted by Gasteiger charge is 2.32. The summed E-state index contributed by atoms with van der Waals surface area (Å²) in [6.45, 7) is 5.43. The first-order valence-electron chi connectivity index (χ1n) is 9.37. The molecule has 1 aromatic carbocycles. The van der Waals surface area contributed by atoms with Crippen molar-refractivity contribution in [1.82, 2.24) is 14.8 Å². The fourth-order valence-corrected chi connectivity index (χ4v) is 4.91. The minimum absolute atomic E-state index is 0.0639. The van der Waals surface area contributed by atoms with Gasteiger partial charge in [0, 0.05) is 46.2 Å². The van der Waals surface area contributed by atoms with Crippen LogP contribution in [0.4, 0.5) is 9.52 Å². The van der Waals surface area contributed by atoms with Crippen LogP contribution in [-0.4, -0.2) is 65.9 Å². The van der Waals surface area contributed by atoms with Gasteiger partial charge in [-0.3, -0.25) is 9.59 Å². The maximum Gasteiger partial charge on any atom is 0.227 e. The summed E-state index contributed by atoms with van der Waals surface area (Å²) in [5.74, 6) is -0.147. The highest BCUT2D eigenvalue weighted by Crippen LogP contribution is 2.33. The van der Waals surface area contributed by atoms with Crippen LogP contribution >= 0.6 is 11.3 Å². The lowest BCUT2D eigenvalue weighted by Gasteiger charge is -2.38. The molecule has 2 fully saturated rings. The number of piperidine rings is 1. The number of carbonyl (C=O) groups excluding carboxylic acids is 2. The molecule has 1 unspecified atom stereocenters. The van der Waals surface area contributed by atoms with E-state index >= 15 is 0 Å². The number of hydrogen-bond donors (Lipinski definition) is 0. The lowest BCUT2D eigenvalue weighted by molar-refractivity contribution is -0.141. The number of amides is 2. The maximum absolute atomic E-state index is 13.9. The molecule has 0 aliphatic carbocycles. The zero-order chi connectivity index (χ0) is 19.0. The lowest BCUT2D eigenvalue weighted by Crippen LogP contribution is -2.53. The second-order valence-corrected chi connectivity index (χ2v) is 8.21. The predicted octanol–water partition coefficient (Wildman–Crippen LogP) is 2.34. The quantitative estimate of drug-likeness (QED) is 0.790. The summed E-state index contributed by atoms with van der Waals surface area (Å²) < 4.78 is 14.8. The number of carbonyl (C=O) groups is 2. The van der Waals surface area contributed by atoms with E-state index in [1.165, 1.54) is 17.4 Å². The lowest BCUT2D eigenvalue weighted by atomic mass is 9.96. The van der Waals surface area contributed by atoms with E-state index < -0.39 is 0 Å². The smallest absolute Gasteiger partial charge is 0.227 e. The van der Waals surface area contributed by atoms with Crippen LogP contribution in [0.25, 0.3) is 10.2 Å². The van der Waals surface area contributed by atoms with Crippen LogP contribution in [0, 0.1) is 11.7 Å². The van der Waals surface area contributed by atoms with Crippen molar-refractivity contribution in [2.45, 2.75) is 19.8 Å². The maximum atomic E-state index is 13.9. The Labute approximate surface area is 161 Å². The molecule has 2 aliphatic rings. The number of benzene rings is 1. The number of nitrogens with zero attached hydrogens (tertiary/aromatic N) is 4. The van der Waals surface area contributed by atoms with Gasteiger partial charge < -0.3 is 14.7 Å². The van der Waals surface area contributed by atoms with Gasteiger partial charge in [-0.25, -0.2) is 9.37 Å². The second-order valence-electron chi connectivity index (χ2n) is 7.20.